The van der Waals surface area contributed by atoms with E-state index in [1.807, 2.05) is 13.8 Å². The van der Waals surface area contributed by atoms with Crippen molar-refractivity contribution >= 4 is 33.0 Å². The maximum Gasteiger partial charge on any atom is 0.330 e. The lowest BCUT2D eigenvalue weighted by molar-refractivity contribution is 0.489. The highest BCUT2D eigenvalue weighted by atomic mass is 32.2. The van der Waals surface area contributed by atoms with Gasteiger partial charge in [-0.3, -0.25) is 14.5 Å². The molecule has 0 radical (unpaired) electrons. The summed E-state index contributed by atoms with van der Waals surface area (Å²) in [6.45, 7) is 3.85. The number of imidazole rings is 1. The molecular weight excluding hydrogens is 362 g/mol. The molecule has 2 unspecified atom stereocenters. The lowest BCUT2D eigenvalue weighted by atomic mass is 10.3. The van der Waals surface area contributed by atoms with Crippen LogP contribution in [0.1, 0.15) is 32.2 Å². The molecule has 2 atom stereocenters. The first kappa shape index (κ1) is 17.1. The van der Waals surface area contributed by atoms with Gasteiger partial charge < -0.3 is 0 Å². The molecule has 1 aromatic heterocycles. The monoisotopic (exact) mass is 383 g/mol. The predicted molar refractivity (Wildman–Crippen MR) is 97.5 cm³/mol. The molecule has 0 spiro atoms. The molecule has 0 bridgehead atoms. The van der Waals surface area contributed by atoms with E-state index >= 15 is 0 Å². The molecular formula is C15H21N5O3S2. The first-order valence-corrected chi connectivity index (χ1v) is 10.5. The van der Waals surface area contributed by atoms with Crippen LogP contribution in [0.5, 0.6) is 0 Å². The first-order chi connectivity index (χ1) is 11.7. The van der Waals surface area contributed by atoms with Crippen molar-refractivity contribution in [3.63, 3.8) is 0 Å². The van der Waals surface area contributed by atoms with Crippen molar-refractivity contribution in [2.75, 3.05) is 0 Å². The fourth-order valence-corrected chi connectivity index (χ4v) is 5.46. The van der Waals surface area contributed by atoms with Gasteiger partial charge in [-0.25, -0.2) is 22.7 Å². The Morgan fingerprint density at radius 3 is 2.64 bits per heavy atom. The summed E-state index contributed by atoms with van der Waals surface area (Å²) in [5.74, 6) is 0. The molecule has 3 N–H and O–H groups in total. The van der Waals surface area contributed by atoms with Crippen LogP contribution in [0.3, 0.4) is 0 Å². The third-order valence-corrected chi connectivity index (χ3v) is 7.43. The van der Waals surface area contributed by atoms with E-state index in [1.54, 1.807) is 29.8 Å². The number of aryl methyl sites for hydroxylation is 1. The van der Waals surface area contributed by atoms with Gasteiger partial charge in [0.1, 0.15) is 0 Å². The number of rotatable bonds is 4. The number of sulfonamides is 1. The van der Waals surface area contributed by atoms with Crippen LogP contribution in [0, 0.1) is 0 Å². The van der Waals surface area contributed by atoms with Gasteiger partial charge in [0.05, 0.1) is 22.1 Å². The second kappa shape index (κ2) is 5.58. The van der Waals surface area contributed by atoms with E-state index in [1.165, 1.54) is 16.5 Å². The number of benzene rings is 1. The molecule has 1 aromatic carbocycles. The molecule has 4 rings (SSSR count). The Hall–Kier alpha value is -1.33. The summed E-state index contributed by atoms with van der Waals surface area (Å²) in [5, 5.41) is 3.26. The van der Waals surface area contributed by atoms with E-state index < -0.39 is 10.0 Å². The van der Waals surface area contributed by atoms with Crippen LogP contribution < -0.4 is 20.5 Å². The molecule has 1 saturated carbocycles. The number of hydrogen-bond donors (Lipinski definition) is 3. The van der Waals surface area contributed by atoms with Crippen LogP contribution >= 0.6 is 11.9 Å². The first-order valence-electron chi connectivity index (χ1n) is 8.12. The molecule has 2 aromatic rings. The van der Waals surface area contributed by atoms with Crippen molar-refractivity contribution in [3.05, 3.63) is 28.7 Å². The second-order valence-corrected chi connectivity index (χ2v) is 9.61. The summed E-state index contributed by atoms with van der Waals surface area (Å²) >= 11 is 1.40. The van der Waals surface area contributed by atoms with Crippen LogP contribution in [0.2, 0.25) is 0 Å². The standard InChI is InChI=1S/C15H21N5O3S2/c1-9-16-13(24-17-9)20-12-8-10(4-5-11(12)19(3)14(20)21)25(22,23)18-15(2)6-7-15/h4-5,8-9,13,16-18H,6-7H2,1-3H3. The quantitative estimate of drug-likeness (QED) is 0.676. The van der Waals surface area contributed by atoms with E-state index in [9.17, 15) is 13.2 Å². The van der Waals surface area contributed by atoms with E-state index in [4.69, 9.17) is 0 Å². The zero-order valence-electron chi connectivity index (χ0n) is 14.2. The third-order valence-electron chi connectivity index (χ3n) is 4.74. The summed E-state index contributed by atoms with van der Waals surface area (Å²) in [6, 6.07) is 4.82. The molecule has 2 heterocycles. The summed E-state index contributed by atoms with van der Waals surface area (Å²) < 4.78 is 34.4. The van der Waals surface area contributed by atoms with Gasteiger partial charge in [-0.15, -0.1) is 0 Å². The molecule has 25 heavy (non-hydrogen) atoms. The summed E-state index contributed by atoms with van der Waals surface area (Å²) in [4.78, 5) is 12.8. The van der Waals surface area contributed by atoms with E-state index in [0.29, 0.717) is 11.0 Å². The van der Waals surface area contributed by atoms with Gasteiger partial charge in [-0.05, 0) is 56.8 Å². The highest BCUT2D eigenvalue weighted by Crippen LogP contribution is 2.36. The summed E-state index contributed by atoms with van der Waals surface area (Å²) in [5.41, 5.74) is 0.471. The van der Waals surface area contributed by atoms with Crippen LogP contribution in [-0.4, -0.2) is 29.3 Å². The maximum absolute atomic E-state index is 12.7. The van der Waals surface area contributed by atoms with E-state index in [-0.39, 0.29) is 27.8 Å². The van der Waals surface area contributed by atoms with E-state index in [2.05, 4.69) is 14.8 Å². The number of hydrogen-bond acceptors (Lipinski definition) is 6. The summed E-state index contributed by atoms with van der Waals surface area (Å²) in [7, 11) is -1.93. The van der Waals surface area contributed by atoms with Crippen LogP contribution in [0.15, 0.2) is 27.9 Å². The van der Waals surface area contributed by atoms with Gasteiger partial charge in [-0.1, -0.05) is 0 Å². The molecule has 10 heteroatoms. The number of aromatic nitrogens is 2. The van der Waals surface area contributed by atoms with Crippen LogP contribution in [0.4, 0.5) is 0 Å². The highest BCUT2D eigenvalue weighted by Gasteiger charge is 2.41. The SMILES string of the molecule is CC1NSC(n2c(=O)n(C)c3ccc(S(=O)(=O)NC4(C)CC4)cc32)N1. The fourth-order valence-electron chi connectivity index (χ4n) is 2.99. The lowest BCUT2D eigenvalue weighted by Gasteiger charge is -2.14. The van der Waals surface area contributed by atoms with Gasteiger partial charge in [0.15, 0.2) is 5.50 Å². The van der Waals surface area contributed by atoms with Gasteiger partial charge in [0, 0.05) is 12.6 Å². The van der Waals surface area contributed by atoms with Crippen molar-refractivity contribution < 1.29 is 8.42 Å². The Kier molecular flexibility index (Phi) is 3.82. The van der Waals surface area contributed by atoms with Gasteiger partial charge in [0.2, 0.25) is 10.0 Å². The van der Waals surface area contributed by atoms with Crippen molar-refractivity contribution in [1.29, 1.82) is 0 Å². The van der Waals surface area contributed by atoms with Crippen molar-refractivity contribution in [2.45, 2.75) is 48.8 Å². The van der Waals surface area contributed by atoms with Crippen LogP contribution in [0.25, 0.3) is 11.0 Å². The number of fused-ring (bicyclic) bond motifs is 1. The molecule has 2 fully saturated rings. The maximum atomic E-state index is 12.7. The zero-order valence-corrected chi connectivity index (χ0v) is 15.9. The Morgan fingerprint density at radius 1 is 1.32 bits per heavy atom. The number of nitrogens with zero attached hydrogens (tertiary/aromatic N) is 2. The van der Waals surface area contributed by atoms with Gasteiger partial charge >= 0.3 is 5.69 Å². The minimum absolute atomic E-state index is 0.0561. The highest BCUT2D eigenvalue weighted by molar-refractivity contribution is 7.97. The largest absolute Gasteiger partial charge is 0.330 e. The second-order valence-electron chi connectivity index (χ2n) is 7.00. The normalized spacial score (nSPS) is 25.6. The van der Waals surface area contributed by atoms with Gasteiger partial charge in [0.25, 0.3) is 0 Å². The topological polar surface area (TPSA) is 97.2 Å². The van der Waals surface area contributed by atoms with Crippen LogP contribution in [-0.2, 0) is 17.1 Å². The Morgan fingerprint density at radius 2 is 2.04 bits per heavy atom. The minimum atomic E-state index is -3.62. The van der Waals surface area contributed by atoms with E-state index in [0.717, 1.165) is 12.8 Å². The fraction of sp³-hybridized carbons (Fsp3) is 0.533. The molecule has 0 amide bonds. The van der Waals surface area contributed by atoms with Crippen molar-refractivity contribution in [1.82, 2.24) is 23.9 Å². The molecule has 136 valence electrons. The molecule has 1 saturated heterocycles. The molecule has 2 aliphatic rings. The minimum Gasteiger partial charge on any atom is -0.295 e. The molecule has 1 aliphatic heterocycles. The number of nitrogens with one attached hydrogen (secondary N) is 3. The summed E-state index contributed by atoms with van der Waals surface area (Å²) in [6.07, 6.45) is 1.74. The third kappa shape index (κ3) is 2.91. The Bertz CT molecular complexity index is 1010. The lowest BCUT2D eigenvalue weighted by Crippen LogP contribution is -2.34. The Labute approximate surface area is 150 Å². The van der Waals surface area contributed by atoms with Crippen molar-refractivity contribution in [3.8, 4) is 0 Å². The average molecular weight is 383 g/mol. The van der Waals surface area contributed by atoms with Crippen molar-refractivity contribution in [2.24, 2.45) is 7.05 Å². The molecule has 1 aliphatic carbocycles. The Balaban J connectivity index is 1.83. The zero-order chi connectivity index (χ0) is 18.0. The predicted octanol–water partition coefficient (Wildman–Crippen LogP) is 0.814. The smallest absolute Gasteiger partial charge is 0.295 e. The molecule has 8 nitrogen and oxygen atoms in total. The van der Waals surface area contributed by atoms with Gasteiger partial charge in [-0.2, -0.15) is 0 Å². The average Bonchev–Trinajstić information content (AvgIpc) is 3.00.